The number of aromatic amines is 1. The minimum absolute atomic E-state index is 0.288. The Bertz CT molecular complexity index is 1340. The molecule has 0 atom stereocenters. The number of imidazole rings is 1. The van der Waals surface area contributed by atoms with Gasteiger partial charge in [-0.25, -0.2) is 4.98 Å². The first-order valence-electron chi connectivity index (χ1n) is 12.0. The molecule has 0 amide bonds. The molecular weight excluding hydrogens is 422 g/mol. The maximum Gasteiger partial charge on any atom is 0.142 e. The monoisotopic (exact) mass is 455 g/mol. The zero-order chi connectivity index (χ0) is 24.0. The molecule has 1 fully saturated rings. The third-order valence-electron chi connectivity index (χ3n) is 7.03. The Morgan fingerprint density at radius 3 is 2.26 bits per heavy atom. The van der Waals surface area contributed by atoms with Crippen molar-refractivity contribution in [3.8, 4) is 22.5 Å². The Balaban J connectivity index is 1.70. The molecule has 4 N–H and O–H groups in total. The number of hydrogen-bond donors (Lipinski definition) is 3. The predicted octanol–water partition coefficient (Wildman–Crippen LogP) is 4.82. The van der Waals surface area contributed by atoms with E-state index in [4.69, 9.17) is 10.7 Å². The van der Waals surface area contributed by atoms with Gasteiger partial charge in [0.2, 0.25) is 0 Å². The van der Waals surface area contributed by atoms with Crippen molar-refractivity contribution < 1.29 is 5.11 Å². The molecule has 1 saturated heterocycles. The normalized spacial score (nSPS) is 15.8. The molecule has 2 aromatic carbocycles. The van der Waals surface area contributed by atoms with Crippen LogP contribution in [0.4, 0.5) is 5.69 Å². The molecule has 34 heavy (non-hydrogen) atoms. The van der Waals surface area contributed by atoms with Gasteiger partial charge in [-0.3, -0.25) is 4.98 Å². The van der Waals surface area contributed by atoms with Crippen molar-refractivity contribution in [2.45, 2.75) is 46.1 Å². The van der Waals surface area contributed by atoms with Crippen molar-refractivity contribution in [3.63, 3.8) is 0 Å². The zero-order valence-electron chi connectivity index (χ0n) is 20.4. The molecule has 1 aliphatic rings. The number of nitrogens with zero attached hydrogens (tertiary/aromatic N) is 3. The Kier molecular flexibility index (Phi) is 5.66. The standard InChI is InChI=1S/C28H33N5O/c1-17-9-18(2)12-21(11-17)22-14-30-15-23(26(22)33-7-5-28(34,16-29)6-8-33)27-31-24-13-19(3)10-20(4)25(24)32-27/h9-15,34H,5-8,16,29H2,1-4H3,(H,31,32). The lowest BCUT2D eigenvalue weighted by Gasteiger charge is -2.40. The van der Waals surface area contributed by atoms with Gasteiger partial charge in [-0.2, -0.15) is 0 Å². The van der Waals surface area contributed by atoms with Gasteiger partial charge in [0, 0.05) is 37.6 Å². The highest BCUT2D eigenvalue weighted by atomic mass is 16.3. The van der Waals surface area contributed by atoms with E-state index in [1.165, 1.54) is 22.3 Å². The number of aliphatic hydroxyl groups is 1. The molecule has 5 rings (SSSR count). The van der Waals surface area contributed by atoms with Crippen LogP contribution in [0, 0.1) is 27.7 Å². The lowest BCUT2D eigenvalue weighted by Crippen LogP contribution is -2.49. The van der Waals surface area contributed by atoms with Crippen molar-refractivity contribution in [1.29, 1.82) is 0 Å². The number of fused-ring (bicyclic) bond motifs is 1. The van der Waals surface area contributed by atoms with E-state index in [9.17, 15) is 5.11 Å². The van der Waals surface area contributed by atoms with Crippen LogP contribution in [0.15, 0.2) is 42.7 Å². The fourth-order valence-corrected chi connectivity index (χ4v) is 5.25. The molecule has 6 nitrogen and oxygen atoms in total. The summed E-state index contributed by atoms with van der Waals surface area (Å²) >= 11 is 0. The van der Waals surface area contributed by atoms with Gasteiger partial charge in [0.05, 0.1) is 27.9 Å². The number of hydrogen-bond acceptors (Lipinski definition) is 5. The smallest absolute Gasteiger partial charge is 0.142 e. The number of aromatic nitrogens is 3. The molecule has 0 spiro atoms. The van der Waals surface area contributed by atoms with Crippen LogP contribution in [-0.4, -0.2) is 45.3 Å². The van der Waals surface area contributed by atoms with Crippen molar-refractivity contribution in [2.75, 3.05) is 24.5 Å². The van der Waals surface area contributed by atoms with Gasteiger partial charge >= 0.3 is 0 Å². The first-order chi connectivity index (χ1) is 16.3. The van der Waals surface area contributed by atoms with Gasteiger partial charge in [0.1, 0.15) is 5.82 Å². The summed E-state index contributed by atoms with van der Waals surface area (Å²) in [6.07, 6.45) is 5.13. The van der Waals surface area contributed by atoms with Crippen molar-refractivity contribution >= 4 is 16.7 Å². The van der Waals surface area contributed by atoms with Crippen LogP contribution >= 0.6 is 0 Å². The van der Waals surface area contributed by atoms with Crippen molar-refractivity contribution in [1.82, 2.24) is 15.0 Å². The van der Waals surface area contributed by atoms with Crippen LogP contribution in [0.1, 0.15) is 35.1 Å². The number of anilines is 1. The molecule has 2 aromatic heterocycles. The second kappa shape index (κ2) is 8.53. The molecule has 1 aliphatic heterocycles. The highest BCUT2D eigenvalue weighted by molar-refractivity contribution is 5.91. The van der Waals surface area contributed by atoms with E-state index in [-0.39, 0.29) is 6.54 Å². The van der Waals surface area contributed by atoms with Crippen molar-refractivity contribution in [3.05, 3.63) is 65.0 Å². The largest absolute Gasteiger partial charge is 0.388 e. The SMILES string of the molecule is Cc1cc(C)cc(-c2cncc(-c3nc4cc(C)cc(C)c4[nH]3)c2N2CCC(O)(CN)CC2)c1. The summed E-state index contributed by atoms with van der Waals surface area (Å²) in [7, 11) is 0. The number of aryl methyl sites for hydroxylation is 4. The molecule has 176 valence electrons. The van der Waals surface area contributed by atoms with Crippen LogP contribution in [-0.2, 0) is 0 Å². The quantitative estimate of drug-likeness (QED) is 0.411. The maximum absolute atomic E-state index is 10.8. The molecule has 6 heteroatoms. The fourth-order valence-electron chi connectivity index (χ4n) is 5.25. The van der Waals surface area contributed by atoms with E-state index < -0.39 is 5.60 Å². The number of benzene rings is 2. The van der Waals surface area contributed by atoms with Gasteiger partial charge in [-0.15, -0.1) is 0 Å². The van der Waals surface area contributed by atoms with Gasteiger partial charge < -0.3 is 20.7 Å². The first-order valence-corrected chi connectivity index (χ1v) is 12.0. The van der Waals surface area contributed by atoms with Crippen LogP contribution in [0.3, 0.4) is 0 Å². The number of pyridine rings is 1. The molecule has 0 saturated carbocycles. The van der Waals surface area contributed by atoms with E-state index in [0.717, 1.165) is 52.3 Å². The van der Waals surface area contributed by atoms with E-state index >= 15 is 0 Å². The lowest BCUT2D eigenvalue weighted by molar-refractivity contribution is 0.0250. The third-order valence-corrected chi connectivity index (χ3v) is 7.03. The Morgan fingerprint density at radius 2 is 1.59 bits per heavy atom. The number of nitrogens with two attached hydrogens (primary N) is 1. The average molecular weight is 456 g/mol. The van der Waals surface area contributed by atoms with Crippen LogP contribution in [0.5, 0.6) is 0 Å². The fraction of sp³-hybridized carbons (Fsp3) is 0.357. The first kappa shape index (κ1) is 22.6. The highest BCUT2D eigenvalue weighted by Gasteiger charge is 2.33. The Hall–Kier alpha value is -3.22. The Morgan fingerprint density at radius 1 is 0.941 bits per heavy atom. The molecule has 3 heterocycles. The minimum Gasteiger partial charge on any atom is -0.388 e. The summed E-state index contributed by atoms with van der Waals surface area (Å²) < 4.78 is 0. The summed E-state index contributed by atoms with van der Waals surface area (Å²) in [4.78, 5) is 15.6. The molecule has 4 aromatic rings. The number of nitrogens with one attached hydrogen (secondary N) is 1. The third kappa shape index (κ3) is 4.08. The second-order valence-electron chi connectivity index (χ2n) is 9.94. The second-order valence-corrected chi connectivity index (χ2v) is 9.94. The predicted molar refractivity (Wildman–Crippen MR) is 139 cm³/mol. The van der Waals surface area contributed by atoms with Crippen LogP contribution < -0.4 is 10.6 Å². The summed E-state index contributed by atoms with van der Waals surface area (Å²) in [5.41, 5.74) is 16.2. The molecule has 0 aliphatic carbocycles. The maximum atomic E-state index is 10.8. The summed E-state index contributed by atoms with van der Waals surface area (Å²) in [6, 6.07) is 10.9. The number of H-pyrrole nitrogens is 1. The van der Waals surface area contributed by atoms with Crippen molar-refractivity contribution in [2.24, 2.45) is 5.73 Å². The van der Waals surface area contributed by atoms with Gasteiger partial charge in [0.15, 0.2) is 0 Å². The number of piperidine rings is 1. The van der Waals surface area contributed by atoms with E-state index in [1.807, 2.05) is 12.4 Å². The topological polar surface area (TPSA) is 91.1 Å². The molecule has 0 radical (unpaired) electrons. The van der Waals surface area contributed by atoms with E-state index in [0.29, 0.717) is 12.8 Å². The van der Waals surface area contributed by atoms with Crippen LogP contribution in [0.25, 0.3) is 33.5 Å². The average Bonchev–Trinajstić information content (AvgIpc) is 3.23. The summed E-state index contributed by atoms with van der Waals surface area (Å²) in [5, 5.41) is 10.8. The lowest BCUT2D eigenvalue weighted by atomic mass is 9.90. The molecule has 0 unspecified atom stereocenters. The van der Waals surface area contributed by atoms with Gasteiger partial charge in [-0.1, -0.05) is 35.4 Å². The molecule has 0 bridgehead atoms. The summed E-state index contributed by atoms with van der Waals surface area (Å²) in [5.74, 6) is 0.817. The van der Waals surface area contributed by atoms with Gasteiger partial charge in [0.25, 0.3) is 0 Å². The van der Waals surface area contributed by atoms with E-state index in [2.05, 4.69) is 72.9 Å². The van der Waals surface area contributed by atoms with Gasteiger partial charge in [-0.05, 0) is 63.3 Å². The highest BCUT2D eigenvalue weighted by Crippen LogP contribution is 2.41. The minimum atomic E-state index is -0.794. The Labute approximate surface area is 200 Å². The summed E-state index contributed by atoms with van der Waals surface area (Å²) in [6.45, 7) is 10.2. The zero-order valence-corrected chi connectivity index (χ0v) is 20.4. The number of rotatable bonds is 4. The molecular formula is C28H33N5O. The van der Waals surface area contributed by atoms with Crippen LogP contribution in [0.2, 0.25) is 0 Å². The van der Waals surface area contributed by atoms with E-state index in [1.54, 1.807) is 0 Å².